The molecule has 11 rings (SSSR count). The summed E-state index contributed by atoms with van der Waals surface area (Å²) in [5.74, 6) is -2.67. The van der Waals surface area contributed by atoms with E-state index in [4.69, 9.17) is 123 Å². The number of halogens is 6. The van der Waals surface area contributed by atoms with Crippen molar-refractivity contribution < 1.29 is 97.6 Å². The number of sulfonamides is 2. The highest BCUT2D eigenvalue weighted by Crippen LogP contribution is 2.42. The van der Waals surface area contributed by atoms with Crippen molar-refractivity contribution in [3.8, 4) is 0 Å². The highest BCUT2D eigenvalue weighted by Gasteiger charge is 2.32. The minimum Gasteiger partial charge on any atom is -0.478 e. The van der Waals surface area contributed by atoms with Crippen molar-refractivity contribution in [2.24, 2.45) is 0 Å². The number of carbonyl (C=O) groups is 4. The molecule has 36 heteroatoms. The van der Waals surface area contributed by atoms with Gasteiger partial charge >= 0.3 is 11.9 Å². The van der Waals surface area contributed by atoms with E-state index in [9.17, 15) is 44.4 Å². The molecule has 0 aliphatic carbocycles. The third-order valence-corrected chi connectivity index (χ3v) is 26.2. The number of likely N-dealkylation sites (N-methyl/N-ethyl adjacent to an activating group) is 3. The van der Waals surface area contributed by atoms with Crippen molar-refractivity contribution in [1.29, 1.82) is 0 Å². The van der Waals surface area contributed by atoms with Crippen LogP contribution in [0.4, 0.5) is 0 Å². The molecule has 3 aliphatic heterocycles. The summed E-state index contributed by atoms with van der Waals surface area (Å²) in [5.41, 5.74) is 10.2. The monoisotopic (exact) mass is 1860 g/mol. The third kappa shape index (κ3) is 30.3. The van der Waals surface area contributed by atoms with Gasteiger partial charge < -0.3 is 73.2 Å². The Bertz CT molecular complexity index is 5100. The van der Waals surface area contributed by atoms with E-state index >= 15 is 0 Å². The van der Waals surface area contributed by atoms with Crippen molar-refractivity contribution in [2.75, 3.05) is 178 Å². The fraction of sp³-hybridized carbons (Fsp3) is 0.395. The molecule has 3 aliphatic rings. The summed E-state index contributed by atoms with van der Waals surface area (Å²) in [6.07, 6.45) is 0.329. The van der Waals surface area contributed by atoms with Crippen molar-refractivity contribution in [1.82, 2.24) is 29.5 Å². The standard InChI is InChI=1S/C56H66Cl4N4O12S2.C22H28Cl2N2O5S.C8H6O4/c1-63-34-49(47-30-43(57)32-53(59)51(47)36-63)39-8-12-45(13-9-39)77(67,68)29-3-18-71-21-24-75-27-28-76-38-55(65)41-4-6-42(7-5-41)56(66)61-16-19-72-22-25-74-26-23-73-20-17-62-78(69,70)46-14-10-40(11-15-46)50-35-64(2)37-52-48(50)31-44(58)33-54(52)60;1-26-14-20(19-12-17(23)13-22(24)21(19)15-26)16-2-4-18(5-3-16)32(28,29)25-6-8-30-10-11-31-9-7-27;9-7(10)5-1-2-6(4-3-5)8(11)12/h4-15,30-33,49-50,62H,3,16-29,34-38H2,1-2H3,(H,61,66);2-5,12-13,20,25,27H,6-11,14-15H2,1H3;1-4H,(H,9,10)(H,11,12). The minimum atomic E-state index is -3.74. The van der Waals surface area contributed by atoms with Gasteiger partial charge in [0.05, 0.1) is 131 Å². The first kappa shape index (κ1) is 98.7. The number of hydrogen-bond acceptors (Lipinski definition) is 22. The molecule has 8 aromatic carbocycles. The summed E-state index contributed by atoms with van der Waals surface area (Å²) in [7, 11) is -4.81. The zero-order valence-corrected chi connectivity index (χ0v) is 74.6. The van der Waals surface area contributed by atoms with E-state index in [0.717, 1.165) is 82.8 Å². The molecule has 3 heterocycles. The van der Waals surface area contributed by atoms with Gasteiger partial charge in [0.2, 0.25) is 20.0 Å². The fourth-order valence-electron chi connectivity index (χ4n) is 13.7. The Balaban J connectivity index is 0.000000311. The third-order valence-electron chi connectivity index (χ3n) is 19.8. The summed E-state index contributed by atoms with van der Waals surface area (Å²) in [5, 5.41) is 32.0. The van der Waals surface area contributed by atoms with Gasteiger partial charge in [-0.1, -0.05) is 118 Å². The van der Waals surface area contributed by atoms with Gasteiger partial charge in [-0.2, -0.15) is 0 Å². The number of fused-ring (bicyclic) bond motifs is 3. The lowest BCUT2D eigenvalue weighted by Crippen LogP contribution is -2.31. The smallest absolute Gasteiger partial charge is 0.335 e. The van der Waals surface area contributed by atoms with E-state index in [0.29, 0.717) is 87.3 Å². The van der Waals surface area contributed by atoms with Crippen LogP contribution in [0.15, 0.2) is 172 Å². The van der Waals surface area contributed by atoms with Gasteiger partial charge in [-0.15, -0.1) is 0 Å². The van der Waals surface area contributed by atoms with Crippen LogP contribution in [0.25, 0.3) is 0 Å². The normalized spacial score (nSPS) is 15.5. The molecule has 3 unspecified atom stereocenters. The van der Waals surface area contributed by atoms with Gasteiger partial charge in [0.25, 0.3) is 5.91 Å². The van der Waals surface area contributed by atoms with Gasteiger partial charge in [0, 0.05) is 125 Å². The largest absolute Gasteiger partial charge is 0.478 e. The Morgan fingerprint density at radius 1 is 0.385 bits per heavy atom. The number of carbonyl (C=O) groups excluding carboxylic acids is 2. The first-order chi connectivity index (χ1) is 58.4. The quantitative estimate of drug-likeness (QED) is 0.0153. The Labute approximate surface area is 742 Å². The predicted molar refractivity (Wildman–Crippen MR) is 467 cm³/mol. The lowest BCUT2D eigenvalue weighted by atomic mass is 9.85. The highest BCUT2D eigenvalue weighted by molar-refractivity contribution is 7.91. The van der Waals surface area contributed by atoms with Crippen molar-refractivity contribution in [3.05, 3.63) is 260 Å². The Kier molecular flexibility index (Phi) is 39.7. The Morgan fingerprint density at radius 2 is 0.697 bits per heavy atom. The van der Waals surface area contributed by atoms with Crippen molar-refractivity contribution in [2.45, 2.75) is 58.5 Å². The number of Topliss-reactive ketones (excluding diaryl/α,β-unsaturated/α-hetero) is 1. The van der Waals surface area contributed by atoms with Gasteiger partial charge in [-0.3, -0.25) is 9.59 Å². The van der Waals surface area contributed by atoms with E-state index in [2.05, 4.69) is 29.5 Å². The molecule has 27 nitrogen and oxygen atoms in total. The second-order valence-corrected chi connectivity index (χ2v) is 37.0. The Hall–Kier alpha value is -7.13. The van der Waals surface area contributed by atoms with Gasteiger partial charge in [0.1, 0.15) is 6.61 Å². The van der Waals surface area contributed by atoms with Gasteiger partial charge in [-0.05, 0) is 187 Å². The SMILES string of the molecule is CN1Cc2c(Cl)cc(Cl)cc2C(c2ccc(S(=O)(=O)CCCOCCOCCOCC(=O)c3ccc(C(=O)NCCOCCOCCOCCNS(=O)(=O)c4ccc(C5CN(C)Cc6c(Cl)cc(Cl)cc65)cc4)cc3)cc2)C1.CN1Cc2c(Cl)cc(Cl)cc2C(c2ccc(S(=O)(=O)NCCOCCOCCO)cc2)C1.O=C(O)c1ccc(C(=O)O)cc1. The van der Waals surface area contributed by atoms with Crippen molar-refractivity contribution >= 4 is 123 Å². The van der Waals surface area contributed by atoms with Crippen LogP contribution in [0, 0.1) is 0 Å². The number of amides is 1. The number of aliphatic hydroxyl groups is 1. The van der Waals surface area contributed by atoms with Crippen molar-refractivity contribution in [3.63, 3.8) is 0 Å². The molecule has 0 saturated carbocycles. The molecule has 8 aromatic rings. The number of nitrogens with one attached hydrogen (secondary N) is 3. The van der Waals surface area contributed by atoms with E-state index in [1.165, 1.54) is 24.3 Å². The average Bonchev–Trinajstić information content (AvgIpc) is 0.782. The van der Waals surface area contributed by atoms with Crippen LogP contribution >= 0.6 is 69.6 Å². The number of carboxylic acid groups (broad SMARTS) is 2. The number of hydrogen-bond donors (Lipinski definition) is 6. The number of ether oxygens (including phenoxy) is 8. The molecule has 1 amide bonds. The van der Waals surface area contributed by atoms with Crippen LogP contribution < -0.4 is 14.8 Å². The lowest BCUT2D eigenvalue weighted by molar-refractivity contribution is 0.0158. The maximum atomic E-state index is 13.1. The predicted octanol–water partition coefficient (Wildman–Crippen LogP) is 12.3. The maximum Gasteiger partial charge on any atom is 0.335 e. The molecule has 0 spiro atoms. The maximum absolute atomic E-state index is 13.1. The summed E-state index contributed by atoms with van der Waals surface area (Å²) < 4.78 is 126. The van der Waals surface area contributed by atoms with Gasteiger partial charge in [-0.25, -0.2) is 44.3 Å². The van der Waals surface area contributed by atoms with Crippen LogP contribution in [0.1, 0.15) is 116 Å². The fourth-order valence-corrected chi connectivity index (χ4v) is 18.7. The molecular weight excluding hydrogens is 1760 g/mol. The number of rotatable bonds is 44. The van der Waals surface area contributed by atoms with E-state index in [1.54, 1.807) is 78.9 Å². The second kappa shape index (κ2) is 49.1. The number of nitrogens with zero attached hydrogens (tertiary/aromatic N) is 3. The molecule has 3 atom stereocenters. The number of aromatic carboxylic acids is 2. The average molecular weight is 1860 g/mol. The Morgan fingerprint density at radius 3 is 1.06 bits per heavy atom. The molecule has 0 radical (unpaired) electrons. The minimum absolute atomic E-state index is 0.000296. The second-order valence-electron chi connectivity index (χ2n) is 28.8. The molecule has 122 heavy (non-hydrogen) atoms. The number of ketones is 1. The van der Waals surface area contributed by atoms with Crippen LogP contribution in [0.5, 0.6) is 0 Å². The van der Waals surface area contributed by atoms with Gasteiger partial charge in [0.15, 0.2) is 15.6 Å². The summed E-state index contributed by atoms with van der Waals surface area (Å²) in [6.45, 7) is 8.83. The molecule has 0 saturated heterocycles. The number of sulfone groups is 1. The summed E-state index contributed by atoms with van der Waals surface area (Å²) in [6, 6.07) is 43.2. The zero-order chi connectivity index (χ0) is 87.9. The summed E-state index contributed by atoms with van der Waals surface area (Å²) >= 11 is 38.3. The van der Waals surface area contributed by atoms with Crippen LogP contribution in [0.3, 0.4) is 0 Å². The zero-order valence-electron chi connectivity index (χ0n) is 67.6. The first-order valence-corrected chi connectivity index (χ1v) is 46.0. The number of carboxylic acids is 2. The van der Waals surface area contributed by atoms with E-state index < -0.39 is 41.8 Å². The molecule has 6 N–H and O–H groups in total. The molecule has 0 aromatic heterocycles. The number of benzene rings is 8. The molecule has 0 fully saturated rings. The molecule has 0 bridgehead atoms. The van der Waals surface area contributed by atoms with E-state index in [-0.39, 0.29) is 160 Å². The van der Waals surface area contributed by atoms with Crippen LogP contribution in [0.2, 0.25) is 30.1 Å². The molecular formula is C86H100Cl6N6O21S3. The molecule has 660 valence electrons. The summed E-state index contributed by atoms with van der Waals surface area (Å²) in [4.78, 5) is 53.1. The van der Waals surface area contributed by atoms with Crippen LogP contribution in [-0.2, 0) is 87.4 Å². The lowest BCUT2D eigenvalue weighted by Gasteiger charge is -2.33. The van der Waals surface area contributed by atoms with E-state index in [1.807, 2.05) is 75.7 Å². The van der Waals surface area contributed by atoms with Crippen LogP contribution in [-0.4, -0.2) is 257 Å². The highest BCUT2D eigenvalue weighted by atomic mass is 35.5. The first-order valence-electron chi connectivity index (χ1n) is 39.1. The topological polar surface area (TPSA) is 351 Å². The number of aliphatic hydroxyl groups excluding tert-OH is 1.